The predicted octanol–water partition coefficient (Wildman–Crippen LogP) is 2.83. The van der Waals surface area contributed by atoms with E-state index in [0.717, 1.165) is 25.3 Å². The maximum atomic E-state index is 13.8. The monoisotopic (exact) mass is 309 g/mol. The zero-order valence-corrected chi connectivity index (χ0v) is 12.6. The van der Waals surface area contributed by atoms with E-state index in [4.69, 9.17) is 0 Å². The molecule has 1 aliphatic carbocycles. The van der Waals surface area contributed by atoms with E-state index in [9.17, 15) is 18.7 Å². The number of hydrogen-bond donors (Lipinski definition) is 1. The predicted molar refractivity (Wildman–Crippen MR) is 78.2 cm³/mol. The Labute approximate surface area is 128 Å². The van der Waals surface area contributed by atoms with Gasteiger partial charge in [-0.05, 0) is 50.2 Å². The van der Waals surface area contributed by atoms with Crippen LogP contribution < -0.4 is 0 Å². The van der Waals surface area contributed by atoms with Crippen LogP contribution in [0.2, 0.25) is 0 Å². The molecule has 2 fully saturated rings. The van der Waals surface area contributed by atoms with Crippen molar-refractivity contribution in [3.05, 3.63) is 35.4 Å². The van der Waals surface area contributed by atoms with E-state index in [1.807, 2.05) is 0 Å². The van der Waals surface area contributed by atoms with Crippen molar-refractivity contribution in [1.82, 2.24) is 4.90 Å². The van der Waals surface area contributed by atoms with E-state index in [1.165, 1.54) is 12.1 Å². The van der Waals surface area contributed by atoms with Crippen molar-refractivity contribution in [1.29, 1.82) is 0 Å². The van der Waals surface area contributed by atoms with Crippen LogP contribution in [0.4, 0.5) is 8.78 Å². The molecule has 1 aromatic rings. The first-order valence-corrected chi connectivity index (χ1v) is 7.92. The van der Waals surface area contributed by atoms with Gasteiger partial charge in [0.25, 0.3) is 0 Å². The number of carbonyl (C=O) groups is 1. The molecule has 2 aliphatic rings. The summed E-state index contributed by atoms with van der Waals surface area (Å²) in [5.41, 5.74) is 0.422. The van der Waals surface area contributed by atoms with Gasteiger partial charge in [-0.15, -0.1) is 0 Å². The summed E-state index contributed by atoms with van der Waals surface area (Å²) in [6.07, 6.45) is 2.82. The molecule has 0 spiro atoms. The van der Waals surface area contributed by atoms with Crippen molar-refractivity contribution in [2.45, 2.75) is 50.7 Å². The minimum Gasteiger partial charge on any atom is -0.391 e. The second kappa shape index (κ2) is 5.95. The molecule has 120 valence electrons. The molecule has 0 bridgehead atoms. The molecule has 1 aromatic carbocycles. The van der Waals surface area contributed by atoms with Crippen molar-refractivity contribution in [3.8, 4) is 0 Å². The van der Waals surface area contributed by atoms with E-state index in [-0.39, 0.29) is 23.8 Å². The Kier molecular flexibility index (Phi) is 4.17. The number of aliphatic hydroxyl groups excluding tert-OH is 1. The number of carbonyl (C=O) groups excluding carboxylic acids is 1. The highest BCUT2D eigenvalue weighted by atomic mass is 19.1. The SMILES string of the molecule is CC(O)C1CCCCN1C(=O)C1CC1c1ccc(F)cc1F. The van der Waals surface area contributed by atoms with E-state index >= 15 is 0 Å². The Bertz CT molecular complexity index is 576. The third-order valence-corrected chi connectivity index (χ3v) is 4.86. The smallest absolute Gasteiger partial charge is 0.226 e. The molecule has 5 heteroatoms. The van der Waals surface area contributed by atoms with Crippen LogP contribution in [0, 0.1) is 17.6 Å². The van der Waals surface area contributed by atoms with Crippen LogP contribution in [-0.4, -0.2) is 34.6 Å². The first-order valence-electron chi connectivity index (χ1n) is 7.92. The average molecular weight is 309 g/mol. The number of aliphatic hydroxyl groups is 1. The third-order valence-electron chi connectivity index (χ3n) is 4.86. The van der Waals surface area contributed by atoms with Gasteiger partial charge in [0.2, 0.25) is 5.91 Å². The van der Waals surface area contributed by atoms with Gasteiger partial charge in [-0.3, -0.25) is 4.79 Å². The molecule has 1 N–H and O–H groups in total. The Morgan fingerprint density at radius 3 is 2.82 bits per heavy atom. The number of nitrogens with zero attached hydrogens (tertiary/aromatic N) is 1. The van der Waals surface area contributed by atoms with E-state index in [1.54, 1.807) is 11.8 Å². The summed E-state index contributed by atoms with van der Waals surface area (Å²) in [6.45, 7) is 2.36. The second-order valence-electron chi connectivity index (χ2n) is 6.45. The maximum Gasteiger partial charge on any atom is 0.226 e. The quantitative estimate of drug-likeness (QED) is 0.933. The van der Waals surface area contributed by atoms with Crippen molar-refractivity contribution in [2.75, 3.05) is 6.54 Å². The van der Waals surface area contributed by atoms with Gasteiger partial charge in [0.15, 0.2) is 0 Å². The summed E-state index contributed by atoms with van der Waals surface area (Å²) < 4.78 is 26.8. The Hall–Kier alpha value is -1.49. The normalized spacial score (nSPS) is 29.3. The molecule has 1 heterocycles. The third kappa shape index (κ3) is 2.86. The number of hydrogen-bond acceptors (Lipinski definition) is 2. The molecule has 1 aliphatic heterocycles. The maximum absolute atomic E-state index is 13.8. The average Bonchev–Trinajstić information content (AvgIpc) is 3.26. The van der Waals surface area contributed by atoms with Gasteiger partial charge in [-0.25, -0.2) is 8.78 Å². The van der Waals surface area contributed by atoms with Gasteiger partial charge in [0.05, 0.1) is 12.1 Å². The summed E-state index contributed by atoms with van der Waals surface area (Å²) in [4.78, 5) is 14.4. The molecule has 0 aromatic heterocycles. The summed E-state index contributed by atoms with van der Waals surface area (Å²) in [6, 6.07) is 3.40. The molecule has 1 saturated heterocycles. The minimum absolute atomic E-state index is 0.000625. The standard InChI is InChI=1S/C17H21F2NO2/c1-10(21)16-4-2-3-7-20(16)17(22)14-9-13(14)12-6-5-11(18)8-15(12)19/h5-6,8,10,13-14,16,21H,2-4,7,9H2,1H3. The fourth-order valence-corrected chi connectivity index (χ4v) is 3.56. The van der Waals surface area contributed by atoms with Crippen LogP contribution in [0.1, 0.15) is 44.1 Å². The van der Waals surface area contributed by atoms with Crippen LogP contribution in [0.25, 0.3) is 0 Å². The van der Waals surface area contributed by atoms with E-state index in [2.05, 4.69) is 0 Å². The summed E-state index contributed by atoms with van der Waals surface area (Å²) in [5.74, 6) is -1.58. The highest BCUT2D eigenvalue weighted by Gasteiger charge is 2.48. The van der Waals surface area contributed by atoms with E-state index < -0.39 is 17.7 Å². The topological polar surface area (TPSA) is 40.5 Å². The molecule has 0 radical (unpaired) electrons. The molecule has 4 unspecified atom stereocenters. The molecular weight excluding hydrogens is 288 g/mol. The first-order chi connectivity index (χ1) is 10.5. The van der Waals surface area contributed by atoms with Gasteiger partial charge >= 0.3 is 0 Å². The molecule has 22 heavy (non-hydrogen) atoms. The van der Waals surface area contributed by atoms with Crippen LogP contribution >= 0.6 is 0 Å². The number of rotatable bonds is 3. The Morgan fingerprint density at radius 2 is 2.14 bits per heavy atom. The highest BCUT2D eigenvalue weighted by Crippen LogP contribution is 2.49. The Morgan fingerprint density at radius 1 is 1.36 bits per heavy atom. The fourth-order valence-electron chi connectivity index (χ4n) is 3.56. The van der Waals surface area contributed by atoms with Crippen molar-refractivity contribution in [3.63, 3.8) is 0 Å². The lowest BCUT2D eigenvalue weighted by atomic mass is 9.97. The molecule has 4 atom stereocenters. The highest BCUT2D eigenvalue weighted by molar-refractivity contribution is 5.83. The molecular formula is C17H21F2NO2. The zero-order valence-electron chi connectivity index (χ0n) is 12.6. The van der Waals surface area contributed by atoms with Crippen molar-refractivity contribution >= 4 is 5.91 Å². The van der Waals surface area contributed by atoms with Gasteiger partial charge in [-0.2, -0.15) is 0 Å². The largest absolute Gasteiger partial charge is 0.391 e. The lowest BCUT2D eigenvalue weighted by Crippen LogP contribution is -2.49. The number of likely N-dealkylation sites (tertiary alicyclic amines) is 1. The molecule has 3 rings (SSSR count). The van der Waals surface area contributed by atoms with E-state index in [0.29, 0.717) is 18.5 Å². The number of amides is 1. The number of piperidine rings is 1. The van der Waals surface area contributed by atoms with Crippen LogP contribution in [0.15, 0.2) is 18.2 Å². The van der Waals surface area contributed by atoms with Gasteiger partial charge in [0.1, 0.15) is 11.6 Å². The lowest BCUT2D eigenvalue weighted by molar-refractivity contribution is -0.139. The fraction of sp³-hybridized carbons (Fsp3) is 0.588. The number of benzene rings is 1. The van der Waals surface area contributed by atoms with Crippen LogP contribution in [0.3, 0.4) is 0 Å². The second-order valence-corrected chi connectivity index (χ2v) is 6.45. The Balaban J connectivity index is 1.72. The summed E-state index contributed by atoms with van der Waals surface area (Å²) in [7, 11) is 0. The lowest BCUT2D eigenvalue weighted by Gasteiger charge is -2.37. The van der Waals surface area contributed by atoms with Crippen molar-refractivity contribution in [2.24, 2.45) is 5.92 Å². The van der Waals surface area contributed by atoms with Gasteiger partial charge in [-0.1, -0.05) is 6.07 Å². The molecule has 1 amide bonds. The summed E-state index contributed by atoms with van der Waals surface area (Å²) in [5, 5.41) is 9.86. The molecule has 1 saturated carbocycles. The number of halogens is 2. The van der Waals surface area contributed by atoms with Crippen LogP contribution in [0.5, 0.6) is 0 Å². The first kappa shape index (κ1) is 15.4. The zero-order chi connectivity index (χ0) is 15.9. The molecule has 3 nitrogen and oxygen atoms in total. The summed E-state index contributed by atoms with van der Waals surface area (Å²) >= 11 is 0. The van der Waals surface area contributed by atoms with Gasteiger partial charge < -0.3 is 10.0 Å². The minimum atomic E-state index is -0.602. The van der Waals surface area contributed by atoms with Crippen LogP contribution in [-0.2, 0) is 4.79 Å². The van der Waals surface area contributed by atoms with Gasteiger partial charge in [0, 0.05) is 18.5 Å². The van der Waals surface area contributed by atoms with Crippen molar-refractivity contribution < 1.29 is 18.7 Å².